The molecule has 3 atom stereocenters. The van der Waals surface area contributed by atoms with Crippen LogP contribution in [0.4, 0.5) is 0 Å². The fraction of sp³-hybridized carbons (Fsp3) is 0.941. The first kappa shape index (κ1) is 76.8. The fourth-order valence-electron chi connectivity index (χ4n) is 10.6. The Morgan fingerprint density at radius 2 is 0.731 bits per heavy atom. The van der Waals surface area contributed by atoms with Crippen LogP contribution in [-0.4, -0.2) is 69.4 Å². The lowest BCUT2D eigenvalue weighted by Crippen LogP contribution is -2.47. The number of phosphoric ester groups is 1. The molecule has 0 aromatic heterocycles. The molecular weight excluding hydrogens is 988 g/mol. The number of hydrogen-bond acceptors (Lipinski definition) is 7. The molecule has 464 valence electrons. The molecule has 9 nitrogen and oxygen atoms in total. The minimum Gasteiger partial charge on any atom is -0.756 e. The van der Waals surface area contributed by atoms with Gasteiger partial charge in [-0.1, -0.05) is 329 Å². The topological polar surface area (TPSA) is 114 Å². The van der Waals surface area contributed by atoms with Crippen molar-refractivity contribution in [3.8, 4) is 0 Å². The van der Waals surface area contributed by atoms with Gasteiger partial charge in [0.1, 0.15) is 19.3 Å². The van der Waals surface area contributed by atoms with Crippen LogP contribution in [0.3, 0.4) is 0 Å². The second kappa shape index (κ2) is 58.9. The van der Waals surface area contributed by atoms with E-state index in [4.69, 9.17) is 13.8 Å². The number of esters is 1. The van der Waals surface area contributed by atoms with E-state index in [2.05, 4.69) is 26.1 Å². The molecule has 0 saturated heterocycles. The second-order valence-electron chi connectivity index (χ2n) is 25.1. The average Bonchev–Trinajstić information content (AvgIpc) is 3.40. The summed E-state index contributed by atoms with van der Waals surface area (Å²) in [5.74, 6) is -0.515. The maximum atomic E-state index is 13.5. The van der Waals surface area contributed by atoms with Crippen molar-refractivity contribution in [2.24, 2.45) is 0 Å². The summed E-state index contributed by atoms with van der Waals surface area (Å²) >= 11 is 0. The Hall–Kier alpha value is -1.25. The summed E-state index contributed by atoms with van der Waals surface area (Å²) in [5.41, 5.74) is 0. The third-order valence-electron chi connectivity index (χ3n) is 16.0. The number of nitrogens with one attached hydrogen (secondary N) is 1. The Balaban J connectivity index is 5.02. The van der Waals surface area contributed by atoms with Gasteiger partial charge in [0.2, 0.25) is 5.91 Å². The van der Waals surface area contributed by atoms with Crippen molar-refractivity contribution in [2.45, 2.75) is 373 Å². The summed E-state index contributed by atoms with van der Waals surface area (Å²) in [5, 5.41) is 3.04. The van der Waals surface area contributed by atoms with Gasteiger partial charge in [-0.2, -0.15) is 0 Å². The molecule has 0 spiro atoms. The monoisotopic (exact) mass is 1120 g/mol. The summed E-state index contributed by atoms with van der Waals surface area (Å²) in [7, 11) is 1.21. The van der Waals surface area contributed by atoms with Gasteiger partial charge in [-0.05, 0) is 31.8 Å². The average molecular weight is 1120 g/mol. The van der Waals surface area contributed by atoms with Gasteiger partial charge in [0, 0.05) is 12.8 Å². The van der Waals surface area contributed by atoms with Gasteiger partial charge >= 0.3 is 5.97 Å². The smallest absolute Gasteiger partial charge is 0.306 e. The van der Waals surface area contributed by atoms with Crippen LogP contribution >= 0.6 is 7.82 Å². The third-order valence-corrected chi connectivity index (χ3v) is 16.9. The van der Waals surface area contributed by atoms with Crippen molar-refractivity contribution >= 4 is 19.7 Å². The number of quaternary nitrogens is 1. The largest absolute Gasteiger partial charge is 0.756 e. The lowest BCUT2D eigenvalue weighted by molar-refractivity contribution is -0.870. The van der Waals surface area contributed by atoms with E-state index in [-0.39, 0.29) is 31.5 Å². The van der Waals surface area contributed by atoms with Crippen molar-refractivity contribution in [3.63, 3.8) is 0 Å². The number of amides is 1. The summed E-state index contributed by atoms with van der Waals surface area (Å²) in [4.78, 5) is 40.1. The van der Waals surface area contributed by atoms with E-state index < -0.39 is 20.0 Å². The Kier molecular flexibility index (Phi) is 58.0. The van der Waals surface area contributed by atoms with Crippen molar-refractivity contribution in [1.29, 1.82) is 0 Å². The molecule has 78 heavy (non-hydrogen) atoms. The third kappa shape index (κ3) is 59.4. The zero-order valence-corrected chi connectivity index (χ0v) is 54.1. The van der Waals surface area contributed by atoms with E-state index in [1.54, 1.807) is 0 Å². The van der Waals surface area contributed by atoms with Crippen LogP contribution in [-0.2, 0) is 27.9 Å². The molecule has 1 amide bonds. The number of phosphoric acid groups is 1. The van der Waals surface area contributed by atoms with Gasteiger partial charge in [-0.15, -0.1) is 0 Å². The van der Waals surface area contributed by atoms with E-state index in [9.17, 15) is 19.0 Å². The zero-order valence-electron chi connectivity index (χ0n) is 53.2. The molecule has 0 aromatic carbocycles. The first-order valence-corrected chi connectivity index (χ1v) is 36.0. The second-order valence-corrected chi connectivity index (χ2v) is 26.5. The molecule has 0 aliphatic heterocycles. The molecule has 0 aliphatic carbocycles. The van der Waals surface area contributed by atoms with Crippen molar-refractivity contribution in [1.82, 2.24) is 5.32 Å². The van der Waals surface area contributed by atoms with Crippen LogP contribution < -0.4 is 10.2 Å². The maximum Gasteiger partial charge on any atom is 0.306 e. The fourth-order valence-corrected chi connectivity index (χ4v) is 11.4. The van der Waals surface area contributed by atoms with E-state index in [0.717, 1.165) is 57.8 Å². The first-order chi connectivity index (χ1) is 37.9. The molecule has 1 N–H and O–H groups in total. The van der Waals surface area contributed by atoms with Crippen molar-refractivity contribution < 1.29 is 37.3 Å². The number of nitrogens with zero attached hydrogens (tertiary/aromatic N) is 1. The highest BCUT2D eigenvalue weighted by molar-refractivity contribution is 7.45. The van der Waals surface area contributed by atoms with E-state index in [0.29, 0.717) is 17.4 Å². The van der Waals surface area contributed by atoms with Crippen LogP contribution in [0.1, 0.15) is 361 Å². The molecular formula is C68H135N2O7P. The molecule has 0 saturated carbocycles. The van der Waals surface area contributed by atoms with E-state index in [1.165, 1.54) is 270 Å². The molecule has 0 fully saturated rings. The van der Waals surface area contributed by atoms with Gasteiger partial charge < -0.3 is 28.5 Å². The van der Waals surface area contributed by atoms with E-state index in [1.807, 2.05) is 33.3 Å². The number of carbonyl (C=O) groups is 2. The molecule has 3 unspecified atom stereocenters. The molecule has 0 bridgehead atoms. The predicted molar refractivity (Wildman–Crippen MR) is 335 cm³/mol. The Labute approximate surface area is 486 Å². The highest BCUT2D eigenvalue weighted by atomic mass is 31.2. The van der Waals surface area contributed by atoms with Crippen LogP contribution in [0.2, 0.25) is 0 Å². The number of ether oxygens (including phenoxy) is 1. The normalized spacial score (nSPS) is 13.6. The minimum absolute atomic E-state index is 0.0166. The van der Waals surface area contributed by atoms with Crippen LogP contribution in [0.15, 0.2) is 12.2 Å². The summed E-state index contributed by atoms with van der Waals surface area (Å²) in [6.45, 7) is 6.91. The highest BCUT2D eigenvalue weighted by Crippen LogP contribution is 2.38. The van der Waals surface area contributed by atoms with Crippen LogP contribution in [0, 0.1) is 0 Å². The molecule has 0 rings (SSSR count). The van der Waals surface area contributed by atoms with E-state index >= 15 is 0 Å². The first-order valence-electron chi connectivity index (χ1n) is 34.5. The van der Waals surface area contributed by atoms with Crippen molar-refractivity contribution in [2.75, 3.05) is 40.9 Å². The SMILES string of the molecule is CCCCCCCCCCCCC/C=C\C(OC(=O)CCCCCCCCCCCCCCCCCCCCCCCCCCC)C(COP(=O)([O-])OCC[N+](C)(C)C)NC(=O)CCCCCCCCCCCCCCCC. The zero-order chi connectivity index (χ0) is 57.2. The number of rotatable bonds is 64. The maximum absolute atomic E-state index is 13.5. The predicted octanol–water partition coefficient (Wildman–Crippen LogP) is 20.9. The molecule has 10 heteroatoms. The molecule has 0 aromatic rings. The lowest BCUT2D eigenvalue weighted by atomic mass is 10.0. The Morgan fingerprint density at radius 1 is 0.436 bits per heavy atom. The Bertz CT molecular complexity index is 1340. The highest BCUT2D eigenvalue weighted by Gasteiger charge is 2.27. The van der Waals surface area contributed by atoms with Gasteiger partial charge in [0.05, 0.1) is 33.8 Å². The number of likely N-dealkylation sites (N-methyl/N-ethyl adjacent to an activating group) is 1. The van der Waals surface area contributed by atoms with Gasteiger partial charge in [-0.3, -0.25) is 14.2 Å². The van der Waals surface area contributed by atoms with Crippen molar-refractivity contribution in [3.05, 3.63) is 12.2 Å². The Morgan fingerprint density at radius 3 is 1.05 bits per heavy atom. The molecule has 0 radical (unpaired) electrons. The number of allylic oxidation sites excluding steroid dienone is 1. The number of unbranched alkanes of at least 4 members (excludes halogenated alkanes) is 48. The minimum atomic E-state index is -4.69. The summed E-state index contributed by atoms with van der Waals surface area (Å²) in [6.07, 6.45) is 69.0. The van der Waals surface area contributed by atoms with Crippen LogP contribution in [0.25, 0.3) is 0 Å². The lowest BCUT2D eigenvalue weighted by Gasteiger charge is -2.30. The number of hydrogen-bond donors (Lipinski definition) is 1. The van der Waals surface area contributed by atoms with Gasteiger partial charge in [-0.25, -0.2) is 0 Å². The summed E-state index contributed by atoms with van der Waals surface area (Å²) < 4.78 is 30.4. The molecule has 0 heterocycles. The standard InChI is InChI=1S/C68H135N2O7P/c1-7-10-13-16-19-22-25-28-30-31-32-33-34-35-36-37-38-39-40-43-46-49-52-55-58-61-68(72)77-66(59-56-53-50-47-44-41-27-24-21-18-15-12-9-3)65(64-76-78(73,74)75-63-62-70(4,5)6)69-67(71)60-57-54-51-48-45-42-29-26-23-20-17-14-11-8-2/h56,59,65-66H,7-55,57-58,60-64H2,1-6H3,(H-,69,71,73,74)/b59-56-. The van der Waals surface area contributed by atoms with Gasteiger partial charge in [0.15, 0.2) is 0 Å². The quantitative estimate of drug-likeness (QED) is 0.0212. The molecule has 0 aliphatic rings. The van der Waals surface area contributed by atoms with Gasteiger partial charge in [0.25, 0.3) is 7.82 Å². The summed E-state index contributed by atoms with van der Waals surface area (Å²) in [6, 6.07) is -0.880. The van der Waals surface area contributed by atoms with Crippen LogP contribution in [0.5, 0.6) is 0 Å². The number of carbonyl (C=O) groups excluding carboxylic acids is 2.